The summed E-state index contributed by atoms with van der Waals surface area (Å²) >= 11 is 0. The van der Waals surface area contributed by atoms with Crippen molar-refractivity contribution in [1.82, 2.24) is 9.13 Å². The molecule has 86 valence electrons. The Balaban J connectivity index is 2.96. The summed E-state index contributed by atoms with van der Waals surface area (Å²) < 4.78 is 2.62. The molecule has 0 aliphatic heterocycles. The summed E-state index contributed by atoms with van der Waals surface area (Å²) in [6.07, 6.45) is 7.95. The van der Waals surface area contributed by atoms with Crippen LogP contribution < -0.4 is 17.0 Å². The maximum Gasteiger partial charge on any atom is 0.331 e. The van der Waals surface area contributed by atoms with Crippen LogP contribution in [-0.4, -0.2) is 15.7 Å². The van der Waals surface area contributed by atoms with Crippen LogP contribution in [0.15, 0.2) is 21.9 Å². The number of hydrogen-bond donors (Lipinski definition) is 1. The average Bonchev–Trinajstić information content (AvgIpc) is 2.28. The van der Waals surface area contributed by atoms with Crippen LogP contribution in [0.4, 0.5) is 0 Å². The zero-order valence-electron chi connectivity index (χ0n) is 9.06. The summed E-state index contributed by atoms with van der Waals surface area (Å²) in [5, 5.41) is 0. The molecule has 1 rings (SSSR count). The second-order valence-electron chi connectivity index (χ2n) is 3.38. The number of terminal acetylenes is 1. The highest BCUT2D eigenvalue weighted by atomic mass is 16.2. The molecule has 2 N–H and O–H groups in total. The molecule has 0 aliphatic carbocycles. The normalized spacial score (nSPS) is 10.0. The maximum atomic E-state index is 11.8. The van der Waals surface area contributed by atoms with E-state index in [0.29, 0.717) is 13.0 Å². The van der Waals surface area contributed by atoms with Gasteiger partial charge in [-0.2, -0.15) is 0 Å². The lowest BCUT2D eigenvalue weighted by Gasteiger charge is -2.07. The van der Waals surface area contributed by atoms with E-state index in [2.05, 4.69) is 5.92 Å². The van der Waals surface area contributed by atoms with Gasteiger partial charge in [-0.05, 0) is 6.42 Å². The largest absolute Gasteiger partial charge is 0.331 e. The number of nitrogens with zero attached hydrogens (tertiary/aromatic N) is 2. The third-order valence-corrected chi connectivity index (χ3v) is 2.21. The Labute approximate surface area is 93.5 Å². The number of rotatable bonds is 5. The van der Waals surface area contributed by atoms with E-state index in [4.69, 9.17) is 12.2 Å². The molecule has 0 saturated carbocycles. The predicted molar refractivity (Wildman–Crippen MR) is 62.1 cm³/mol. The summed E-state index contributed by atoms with van der Waals surface area (Å²) in [5.74, 6) is 2.50. The Kier molecular flexibility index (Phi) is 4.55. The van der Waals surface area contributed by atoms with Crippen LogP contribution in [0.3, 0.4) is 0 Å². The first-order chi connectivity index (χ1) is 7.70. The average molecular weight is 221 g/mol. The van der Waals surface area contributed by atoms with Crippen molar-refractivity contribution in [2.75, 3.05) is 6.54 Å². The zero-order chi connectivity index (χ0) is 12.0. The van der Waals surface area contributed by atoms with Crippen LogP contribution in [0, 0.1) is 12.3 Å². The molecule has 1 aromatic rings. The van der Waals surface area contributed by atoms with Crippen LogP contribution in [0.5, 0.6) is 0 Å². The molecule has 5 heteroatoms. The summed E-state index contributed by atoms with van der Waals surface area (Å²) in [6.45, 7) is 1.03. The van der Waals surface area contributed by atoms with E-state index in [1.54, 1.807) is 0 Å². The Morgan fingerprint density at radius 2 is 2.12 bits per heavy atom. The minimum Gasteiger partial charge on any atom is -0.329 e. The van der Waals surface area contributed by atoms with Crippen LogP contribution in [0.2, 0.25) is 0 Å². The van der Waals surface area contributed by atoms with Crippen LogP contribution >= 0.6 is 0 Å². The van der Waals surface area contributed by atoms with Gasteiger partial charge in [0, 0.05) is 38.3 Å². The van der Waals surface area contributed by atoms with Crippen molar-refractivity contribution >= 4 is 0 Å². The van der Waals surface area contributed by atoms with E-state index in [9.17, 15) is 9.59 Å². The van der Waals surface area contributed by atoms with Crippen molar-refractivity contribution in [1.29, 1.82) is 0 Å². The zero-order valence-corrected chi connectivity index (χ0v) is 9.06. The number of unbranched alkanes of at least 4 members (excludes halogenated alkanes) is 1. The maximum absolute atomic E-state index is 11.8. The molecule has 0 radical (unpaired) electrons. The van der Waals surface area contributed by atoms with Gasteiger partial charge in [-0.3, -0.25) is 9.36 Å². The van der Waals surface area contributed by atoms with Crippen LogP contribution in [0.25, 0.3) is 0 Å². The summed E-state index contributed by atoms with van der Waals surface area (Å²) in [5.41, 5.74) is 4.70. The number of aromatic nitrogens is 2. The molecule has 0 fully saturated rings. The monoisotopic (exact) mass is 221 g/mol. The molecule has 0 bridgehead atoms. The van der Waals surface area contributed by atoms with Gasteiger partial charge < -0.3 is 10.3 Å². The quantitative estimate of drug-likeness (QED) is 0.532. The molecule has 1 heterocycles. The van der Waals surface area contributed by atoms with Gasteiger partial charge in [0.15, 0.2) is 0 Å². The van der Waals surface area contributed by atoms with Crippen LogP contribution in [0.1, 0.15) is 12.8 Å². The van der Waals surface area contributed by atoms with E-state index in [-0.39, 0.29) is 24.3 Å². The van der Waals surface area contributed by atoms with Crippen molar-refractivity contribution in [3.63, 3.8) is 0 Å². The topological polar surface area (TPSA) is 70.0 Å². The third-order valence-electron chi connectivity index (χ3n) is 2.21. The lowest BCUT2D eigenvalue weighted by atomic mass is 10.3. The number of aryl methyl sites for hydroxylation is 1. The molecule has 0 aliphatic rings. The van der Waals surface area contributed by atoms with Gasteiger partial charge in [0.2, 0.25) is 0 Å². The Bertz CT molecular complexity index is 493. The first-order valence-corrected chi connectivity index (χ1v) is 5.14. The lowest BCUT2D eigenvalue weighted by molar-refractivity contribution is 0.543. The van der Waals surface area contributed by atoms with Gasteiger partial charge in [-0.25, -0.2) is 4.79 Å². The number of nitrogens with two attached hydrogens (primary N) is 1. The van der Waals surface area contributed by atoms with E-state index in [0.717, 1.165) is 11.0 Å². The van der Waals surface area contributed by atoms with Crippen molar-refractivity contribution in [2.45, 2.75) is 25.9 Å². The van der Waals surface area contributed by atoms with Gasteiger partial charge in [0.1, 0.15) is 0 Å². The molecular formula is C11H15N3O2. The highest BCUT2D eigenvalue weighted by molar-refractivity contribution is 4.88. The smallest absolute Gasteiger partial charge is 0.329 e. The fourth-order valence-electron chi connectivity index (χ4n) is 1.41. The predicted octanol–water partition coefficient (Wildman–Crippen LogP) is -0.618. The summed E-state index contributed by atoms with van der Waals surface area (Å²) in [6, 6.07) is 1.37. The second-order valence-corrected chi connectivity index (χ2v) is 3.38. The number of hydrogen-bond acceptors (Lipinski definition) is 3. The summed E-state index contributed by atoms with van der Waals surface area (Å²) in [4.78, 5) is 23.2. The lowest BCUT2D eigenvalue weighted by Crippen LogP contribution is -2.40. The molecule has 16 heavy (non-hydrogen) atoms. The van der Waals surface area contributed by atoms with Crippen molar-refractivity contribution in [3.8, 4) is 12.3 Å². The van der Waals surface area contributed by atoms with Gasteiger partial charge in [-0.15, -0.1) is 12.3 Å². The molecular weight excluding hydrogens is 206 g/mol. The first-order valence-electron chi connectivity index (χ1n) is 5.14. The van der Waals surface area contributed by atoms with Gasteiger partial charge >= 0.3 is 5.69 Å². The molecule has 0 amide bonds. The molecule has 1 aromatic heterocycles. The van der Waals surface area contributed by atoms with Crippen molar-refractivity contribution < 1.29 is 0 Å². The first kappa shape index (κ1) is 12.3. The second kappa shape index (κ2) is 5.93. The Morgan fingerprint density at radius 1 is 1.38 bits per heavy atom. The molecule has 0 saturated heterocycles. The van der Waals surface area contributed by atoms with Gasteiger partial charge in [-0.1, -0.05) is 0 Å². The summed E-state index contributed by atoms with van der Waals surface area (Å²) in [7, 11) is 0. The highest BCUT2D eigenvalue weighted by Gasteiger charge is 2.03. The van der Waals surface area contributed by atoms with Crippen molar-refractivity contribution in [2.24, 2.45) is 5.73 Å². The Hall–Kier alpha value is -1.80. The Morgan fingerprint density at radius 3 is 2.75 bits per heavy atom. The standard InChI is InChI=1S/C11H15N3O2/c1-2-3-4-7-13-8-5-10(15)14(9-6-12)11(13)16/h1,5,8H,3-4,6-7,9,12H2. The molecule has 0 aromatic carbocycles. The third kappa shape index (κ3) is 2.84. The fraction of sp³-hybridized carbons (Fsp3) is 0.455. The molecule has 5 nitrogen and oxygen atoms in total. The highest BCUT2D eigenvalue weighted by Crippen LogP contribution is 1.89. The fourth-order valence-corrected chi connectivity index (χ4v) is 1.41. The van der Waals surface area contributed by atoms with Gasteiger partial charge in [0.25, 0.3) is 5.56 Å². The van der Waals surface area contributed by atoms with Crippen LogP contribution in [-0.2, 0) is 13.1 Å². The molecule has 0 atom stereocenters. The van der Waals surface area contributed by atoms with E-state index < -0.39 is 0 Å². The van der Waals surface area contributed by atoms with E-state index in [1.165, 1.54) is 16.8 Å². The van der Waals surface area contributed by atoms with Crippen molar-refractivity contribution in [3.05, 3.63) is 33.1 Å². The molecule has 0 unspecified atom stereocenters. The van der Waals surface area contributed by atoms with E-state index >= 15 is 0 Å². The molecule has 0 spiro atoms. The minimum absolute atomic E-state index is 0.244. The minimum atomic E-state index is -0.324. The van der Waals surface area contributed by atoms with E-state index in [1.807, 2.05) is 0 Å². The van der Waals surface area contributed by atoms with Gasteiger partial charge in [0.05, 0.1) is 0 Å². The SMILES string of the molecule is C#CCCCn1ccc(=O)n(CCN)c1=O.